The number of nitrogens with zero attached hydrogens (tertiary/aromatic N) is 1. The van der Waals surface area contributed by atoms with Crippen LogP contribution in [0, 0.1) is 5.92 Å². The Labute approximate surface area is 127 Å². The molecule has 1 fully saturated rings. The Kier molecular flexibility index (Phi) is 5.85. The van der Waals surface area contributed by atoms with Crippen molar-refractivity contribution in [1.82, 2.24) is 4.90 Å². The smallest absolute Gasteiger partial charge is 0.161 e. The van der Waals surface area contributed by atoms with E-state index in [0.29, 0.717) is 5.92 Å². The molecule has 5 heteroatoms. The third-order valence-corrected chi connectivity index (χ3v) is 4.06. The van der Waals surface area contributed by atoms with E-state index in [1.807, 2.05) is 18.2 Å². The van der Waals surface area contributed by atoms with Gasteiger partial charge in [0.15, 0.2) is 11.5 Å². The number of benzene rings is 1. The fraction of sp³-hybridized carbons (Fsp3) is 0.625. The summed E-state index contributed by atoms with van der Waals surface area (Å²) in [6, 6.07) is 5.86. The van der Waals surface area contributed by atoms with Crippen LogP contribution in [0.4, 0.5) is 0 Å². The predicted octanol–water partition coefficient (Wildman–Crippen LogP) is 1.67. The summed E-state index contributed by atoms with van der Waals surface area (Å²) in [6.07, 6.45) is 1.19. The topological polar surface area (TPSA) is 57.0 Å². The zero-order valence-electron chi connectivity index (χ0n) is 13.2. The van der Waals surface area contributed by atoms with Gasteiger partial charge in [-0.05, 0) is 36.6 Å². The van der Waals surface area contributed by atoms with Crippen LogP contribution in [0.2, 0.25) is 0 Å². The molecule has 0 radical (unpaired) electrons. The Morgan fingerprint density at radius 1 is 1.24 bits per heavy atom. The maximum atomic E-state index is 6.34. The van der Waals surface area contributed by atoms with Crippen LogP contribution in [0.3, 0.4) is 0 Å². The maximum absolute atomic E-state index is 6.34. The van der Waals surface area contributed by atoms with Crippen molar-refractivity contribution in [3.63, 3.8) is 0 Å². The van der Waals surface area contributed by atoms with E-state index >= 15 is 0 Å². The Bertz CT molecular complexity index is 453. The second-order valence-corrected chi connectivity index (χ2v) is 5.59. The highest BCUT2D eigenvalue weighted by atomic mass is 16.5. The number of hydrogen-bond donors (Lipinski definition) is 1. The summed E-state index contributed by atoms with van der Waals surface area (Å²) in [6.45, 7) is 3.85. The van der Waals surface area contributed by atoms with Crippen LogP contribution >= 0.6 is 0 Å². The first-order valence-corrected chi connectivity index (χ1v) is 7.36. The quantitative estimate of drug-likeness (QED) is 0.829. The minimum atomic E-state index is -0.0221. The molecule has 0 aromatic heterocycles. The van der Waals surface area contributed by atoms with Crippen LogP contribution in [0.5, 0.6) is 11.5 Å². The van der Waals surface area contributed by atoms with Gasteiger partial charge in [-0.1, -0.05) is 6.07 Å². The molecule has 1 saturated heterocycles. The lowest BCUT2D eigenvalue weighted by Crippen LogP contribution is -2.31. The van der Waals surface area contributed by atoms with Gasteiger partial charge in [-0.2, -0.15) is 0 Å². The average Bonchev–Trinajstić information content (AvgIpc) is 2.94. The van der Waals surface area contributed by atoms with Gasteiger partial charge in [-0.25, -0.2) is 0 Å². The first-order valence-electron chi connectivity index (χ1n) is 7.36. The molecule has 2 N–H and O–H groups in total. The summed E-state index contributed by atoms with van der Waals surface area (Å²) in [5.74, 6) is 2.09. The standard InChI is InChI=1S/C16H26N2O3/c1-19-11-12-6-7-18(9-12)10-14(17)13-4-5-15(20-2)16(8-13)21-3/h4-5,8,12,14H,6-7,9-11,17H2,1-3H3. The molecule has 21 heavy (non-hydrogen) atoms. The lowest BCUT2D eigenvalue weighted by atomic mass is 10.1. The van der Waals surface area contributed by atoms with E-state index in [1.54, 1.807) is 21.3 Å². The van der Waals surface area contributed by atoms with Crippen LogP contribution in [0.25, 0.3) is 0 Å². The van der Waals surface area contributed by atoms with Gasteiger partial charge in [-0.15, -0.1) is 0 Å². The second kappa shape index (κ2) is 7.64. The van der Waals surface area contributed by atoms with Crippen molar-refractivity contribution < 1.29 is 14.2 Å². The summed E-state index contributed by atoms with van der Waals surface area (Å²) in [5.41, 5.74) is 7.41. The van der Waals surface area contributed by atoms with Crippen molar-refractivity contribution in [3.8, 4) is 11.5 Å². The molecule has 1 aromatic carbocycles. The fourth-order valence-electron chi connectivity index (χ4n) is 2.92. The molecule has 118 valence electrons. The van der Waals surface area contributed by atoms with Gasteiger partial charge < -0.3 is 24.8 Å². The Morgan fingerprint density at radius 3 is 2.67 bits per heavy atom. The minimum Gasteiger partial charge on any atom is -0.493 e. The molecule has 0 amide bonds. The Hall–Kier alpha value is -1.30. The molecule has 1 aromatic rings. The van der Waals surface area contributed by atoms with Crippen molar-refractivity contribution in [2.45, 2.75) is 12.5 Å². The highest BCUT2D eigenvalue weighted by Gasteiger charge is 2.24. The fourth-order valence-corrected chi connectivity index (χ4v) is 2.92. The summed E-state index contributed by atoms with van der Waals surface area (Å²) in [4.78, 5) is 2.41. The number of nitrogens with two attached hydrogens (primary N) is 1. The highest BCUT2D eigenvalue weighted by molar-refractivity contribution is 5.43. The second-order valence-electron chi connectivity index (χ2n) is 5.59. The molecule has 1 aliphatic rings. The monoisotopic (exact) mass is 294 g/mol. The molecule has 2 rings (SSSR count). The Balaban J connectivity index is 1.96. The van der Waals surface area contributed by atoms with Crippen molar-refractivity contribution in [2.24, 2.45) is 11.7 Å². The van der Waals surface area contributed by atoms with Crippen LogP contribution in [-0.4, -0.2) is 52.5 Å². The van der Waals surface area contributed by atoms with Gasteiger partial charge in [0.25, 0.3) is 0 Å². The zero-order chi connectivity index (χ0) is 15.2. The van der Waals surface area contributed by atoms with Gasteiger partial charge in [0.05, 0.1) is 20.8 Å². The van der Waals surface area contributed by atoms with Crippen LogP contribution in [-0.2, 0) is 4.74 Å². The lowest BCUT2D eigenvalue weighted by molar-refractivity contribution is 0.152. The largest absolute Gasteiger partial charge is 0.493 e. The highest BCUT2D eigenvalue weighted by Crippen LogP contribution is 2.30. The third kappa shape index (κ3) is 4.09. The molecular formula is C16H26N2O3. The maximum Gasteiger partial charge on any atom is 0.161 e. The molecule has 2 atom stereocenters. The Morgan fingerprint density at radius 2 is 2.00 bits per heavy atom. The third-order valence-electron chi connectivity index (χ3n) is 4.06. The molecule has 1 aliphatic heterocycles. The van der Waals surface area contributed by atoms with Gasteiger partial charge >= 0.3 is 0 Å². The van der Waals surface area contributed by atoms with Crippen molar-refractivity contribution in [1.29, 1.82) is 0 Å². The van der Waals surface area contributed by atoms with E-state index in [0.717, 1.165) is 43.3 Å². The molecule has 0 saturated carbocycles. The van der Waals surface area contributed by atoms with Crippen molar-refractivity contribution >= 4 is 0 Å². The van der Waals surface area contributed by atoms with Gasteiger partial charge in [-0.3, -0.25) is 0 Å². The summed E-state index contributed by atoms with van der Waals surface area (Å²) in [7, 11) is 5.04. The molecule has 0 bridgehead atoms. The van der Waals surface area contributed by atoms with E-state index in [4.69, 9.17) is 19.9 Å². The summed E-state index contributed by atoms with van der Waals surface area (Å²) in [5, 5.41) is 0. The molecule has 2 unspecified atom stereocenters. The number of methoxy groups -OCH3 is 3. The summed E-state index contributed by atoms with van der Waals surface area (Å²) >= 11 is 0. The minimum absolute atomic E-state index is 0.0221. The summed E-state index contributed by atoms with van der Waals surface area (Å²) < 4.78 is 15.8. The average molecular weight is 294 g/mol. The van der Waals surface area contributed by atoms with Crippen LogP contribution < -0.4 is 15.2 Å². The molecule has 0 spiro atoms. The molecule has 1 heterocycles. The van der Waals surface area contributed by atoms with E-state index in [2.05, 4.69) is 4.90 Å². The SMILES string of the molecule is COCC1CCN(CC(N)c2ccc(OC)c(OC)c2)C1. The van der Waals surface area contributed by atoms with E-state index in [1.165, 1.54) is 6.42 Å². The van der Waals surface area contributed by atoms with Gasteiger partial charge in [0.1, 0.15) is 0 Å². The van der Waals surface area contributed by atoms with E-state index < -0.39 is 0 Å². The molecular weight excluding hydrogens is 268 g/mol. The van der Waals surface area contributed by atoms with E-state index in [-0.39, 0.29) is 6.04 Å². The number of hydrogen-bond acceptors (Lipinski definition) is 5. The van der Waals surface area contributed by atoms with Crippen molar-refractivity contribution in [2.75, 3.05) is 47.6 Å². The number of ether oxygens (including phenoxy) is 3. The predicted molar refractivity (Wildman–Crippen MR) is 82.9 cm³/mol. The molecule has 0 aliphatic carbocycles. The van der Waals surface area contributed by atoms with Gasteiger partial charge in [0, 0.05) is 26.2 Å². The first kappa shape index (κ1) is 16.1. The van der Waals surface area contributed by atoms with Crippen LogP contribution in [0.15, 0.2) is 18.2 Å². The van der Waals surface area contributed by atoms with Crippen LogP contribution in [0.1, 0.15) is 18.0 Å². The number of likely N-dealkylation sites (tertiary alicyclic amines) is 1. The first-order chi connectivity index (χ1) is 10.2. The van der Waals surface area contributed by atoms with E-state index in [9.17, 15) is 0 Å². The normalized spacial score (nSPS) is 20.5. The zero-order valence-corrected chi connectivity index (χ0v) is 13.2. The van der Waals surface area contributed by atoms with Gasteiger partial charge in [0.2, 0.25) is 0 Å². The number of rotatable bonds is 7. The molecule has 5 nitrogen and oxygen atoms in total. The van der Waals surface area contributed by atoms with Crippen molar-refractivity contribution in [3.05, 3.63) is 23.8 Å². The lowest BCUT2D eigenvalue weighted by Gasteiger charge is -2.22.